The van der Waals surface area contributed by atoms with E-state index in [-0.39, 0.29) is 22.8 Å². The van der Waals surface area contributed by atoms with E-state index in [1.165, 1.54) is 49.7 Å². The Hall–Kier alpha value is -3.34. The summed E-state index contributed by atoms with van der Waals surface area (Å²) in [5, 5.41) is 4.33. The molecule has 182 valence electrons. The zero-order valence-corrected chi connectivity index (χ0v) is 21.6. The first-order valence-electron chi connectivity index (χ1n) is 9.98. The number of amides is 1. The van der Waals surface area contributed by atoms with Gasteiger partial charge in [0.05, 0.1) is 13.3 Å². The molecular formula is C24H20BrClN2O6S. The van der Waals surface area contributed by atoms with Crippen molar-refractivity contribution in [2.24, 2.45) is 5.10 Å². The molecule has 0 saturated carbocycles. The largest absolute Gasteiger partial charge is 0.493 e. The van der Waals surface area contributed by atoms with Crippen molar-refractivity contribution >= 4 is 49.8 Å². The molecule has 0 aliphatic rings. The molecule has 11 heteroatoms. The molecule has 1 N–H and O–H groups in total. The number of rotatable bonds is 10. The maximum absolute atomic E-state index is 12.7. The van der Waals surface area contributed by atoms with Crippen molar-refractivity contribution in [3.63, 3.8) is 0 Å². The van der Waals surface area contributed by atoms with Gasteiger partial charge < -0.3 is 13.7 Å². The van der Waals surface area contributed by atoms with E-state index in [9.17, 15) is 13.2 Å². The molecule has 0 heterocycles. The maximum atomic E-state index is 12.7. The van der Waals surface area contributed by atoms with Gasteiger partial charge in [0.15, 0.2) is 17.2 Å². The number of benzene rings is 3. The minimum absolute atomic E-state index is 0.0199. The first-order valence-corrected chi connectivity index (χ1v) is 12.6. The van der Waals surface area contributed by atoms with Crippen LogP contribution in [0.15, 0.2) is 87.8 Å². The number of nitrogens with zero attached hydrogens (tertiary/aromatic N) is 1. The van der Waals surface area contributed by atoms with Gasteiger partial charge in [0.1, 0.15) is 11.5 Å². The molecule has 0 spiro atoms. The Morgan fingerprint density at radius 2 is 1.80 bits per heavy atom. The van der Waals surface area contributed by atoms with Gasteiger partial charge in [-0.25, -0.2) is 5.43 Å². The monoisotopic (exact) mass is 578 g/mol. The van der Waals surface area contributed by atoms with Gasteiger partial charge in [-0.15, -0.1) is 0 Å². The average molecular weight is 580 g/mol. The number of carbonyl (C=O) groups is 1. The van der Waals surface area contributed by atoms with Crippen molar-refractivity contribution in [1.29, 1.82) is 0 Å². The van der Waals surface area contributed by atoms with Crippen LogP contribution >= 0.6 is 27.5 Å². The number of hydrogen-bond acceptors (Lipinski definition) is 7. The van der Waals surface area contributed by atoms with E-state index in [4.69, 9.17) is 25.3 Å². The van der Waals surface area contributed by atoms with Crippen molar-refractivity contribution in [2.45, 2.75) is 4.90 Å². The number of halogens is 2. The van der Waals surface area contributed by atoms with E-state index < -0.39 is 16.0 Å². The molecule has 8 nitrogen and oxygen atoms in total. The van der Waals surface area contributed by atoms with Crippen LogP contribution in [0, 0.1) is 0 Å². The van der Waals surface area contributed by atoms with Crippen LogP contribution in [0.1, 0.15) is 15.9 Å². The third-order valence-electron chi connectivity index (χ3n) is 4.43. The van der Waals surface area contributed by atoms with Crippen molar-refractivity contribution in [2.75, 3.05) is 13.7 Å². The van der Waals surface area contributed by atoms with Crippen LogP contribution in [0.3, 0.4) is 0 Å². The fraction of sp³-hybridized carbons (Fsp3) is 0.0833. The topological polar surface area (TPSA) is 103 Å². The molecule has 0 fully saturated rings. The number of nitrogens with one attached hydrogen (secondary N) is 1. The highest BCUT2D eigenvalue weighted by Gasteiger charge is 2.18. The van der Waals surface area contributed by atoms with Crippen LogP contribution in [0.2, 0.25) is 5.02 Å². The van der Waals surface area contributed by atoms with Gasteiger partial charge in [-0.05, 0) is 60.7 Å². The van der Waals surface area contributed by atoms with E-state index in [0.717, 1.165) is 0 Å². The second-order valence-corrected chi connectivity index (χ2v) is 9.74. The zero-order valence-electron chi connectivity index (χ0n) is 18.4. The predicted molar refractivity (Wildman–Crippen MR) is 137 cm³/mol. The molecule has 35 heavy (non-hydrogen) atoms. The first kappa shape index (κ1) is 26.3. The summed E-state index contributed by atoms with van der Waals surface area (Å²) in [5.74, 6) is 0.344. The van der Waals surface area contributed by atoms with Crippen molar-refractivity contribution in [1.82, 2.24) is 5.43 Å². The molecular weight excluding hydrogens is 560 g/mol. The highest BCUT2D eigenvalue weighted by atomic mass is 79.9. The molecule has 0 bridgehead atoms. The minimum atomic E-state index is -4.12. The van der Waals surface area contributed by atoms with E-state index in [1.54, 1.807) is 30.3 Å². The lowest BCUT2D eigenvalue weighted by Crippen LogP contribution is -2.18. The Morgan fingerprint density at radius 1 is 1.09 bits per heavy atom. The van der Waals surface area contributed by atoms with Gasteiger partial charge in [-0.1, -0.05) is 40.2 Å². The summed E-state index contributed by atoms with van der Waals surface area (Å²) >= 11 is 9.15. The first-order chi connectivity index (χ1) is 16.7. The number of ether oxygens (including phenoxy) is 2. The number of hydrazone groups is 1. The Morgan fingerprint density at radius 3 is 2.49 bits per heavy atom. The molecule has 3 aromatic carbocycles. The number of methoxy groups -OCH3 is 1. The molecule has 0 saturated heterocycles. The summed E-state index contributed by atoms with van der Waals surface area (Å²) in [6.45, 7) is 3.88. The van der Waals surface area contributed by atoms with Gasteiger partial charge >= 0.3 is 10.1 Å². The van der Waals surface area contributed by atoms with Crippen LogP contribution < -0.4 is 19.1 Å². The smallest absolute Gasteiger partial charge is 0.339 e. The Balaban J connectivity index is 1.77. The molecule has 0 aromatic heterocycles. The SMILES string of the molecule is C=CCOc1ccc(C(=O)N/N=C/c2cc(Br)ccc2OS(=O)(=O)c2ccc(Cl)cc2)cc1OC. The van der Waals surface area contributed by atoms with Gasteiger partial charge in [0.25, 0.3) is 5.91 Å². The van der Waals surface area contributed by atoms with E-state index >= 15 is 0 Å². The summed E-state index contributed by atoms with van der Waals surface area (Å²) in [6.07, 6.45) is 2.86. The minimum Gasteiger partial charge on any atom is -0.493 e. The van der Waals surface area contributed by atoms with Crippen LogP contribution in [0.25, 0.3) is 0 Å². The maximum Gasteiger partial charge on any atom is 0.339 e. The highest BCUT2D eigenvalue weighted by molar-refractivity contribution is 9.10. The number of hydrogen-bond donors (Lipinski definition) is 1. The van der Waals surface area contributed by atoms with Crippen LogP contribution in [-0.4, -0.2) is 34.3 Å². The van der Waals surface area contributed by atoms with Gasteiger partial charge in [-0.2, -0.15) is 13.5 Å². The third-order valence-corrected chi connectivity index (χ3v) is 6.42. The van der Waals surface area contributed by atoms with Gasteiger partial charge in [0, 0.05) is 20.6 Å². The van der Waals surface area contributed by atoms with Gasteiger partial charge in [0.2, 0.25) is 0 Å². The standard InChI is InChI=1S/C24H20BrClN2O6S/c1-3-12-33-22-10-4-16(14-23(22)32-2)24(29)28-27-15-17-13-18(25)5-11-21(17)34-35(30,31)20-8-6-19(26)7-9-20/h3-11,13-15H,1,12H2,2H3,(H,28,29)/b27-15+. The summed E-state index contributed by atoms with van der Waals surface area (Å²) in [5.41, 5.74) is 2.98. The Kier molecular flexibility index (Phi) is 8.91. The highest BCUT2D eigenvalue weighted by Crippen LogP contribution is 2.28. The molecule has 0 atom stereocenters. The predicted octanol–water partition coefficient (Wildman–Crippen LogP) is 5.21. The fourth-order valence-corrected chi connectivity index (χ4v) is 4.22. The van der Waals surface area contributed by atoms with Gasteiger partial charge in [-0.3, -0.25) is 4.79 Å². The van der Waals surface area contributed by atoms with Crippen molar-refractivity contribution < 1.29 is 26.9 Å². The molecule has 3 rings (SSSR count). The molecule has 0 unspecified atom stereocenters. The molecule has 0 aliphatic carbocycles. The molecule has 3 aromatic rings. The Labute approximate surface area is 216 Å². The van der Waals surface area contributed by atoms with Crippen molar-refractivity contribution in [3.05, 3.63) is 93.9 Å². The number of carbonyl (C=O) groups excluding carboxylic acids is 1. The normalized spacial score (nSPS) is 11.2. The molecule has 0 radical (unpaired) electrons. The zero-order chi connectivity index (χ0) is 25.4. The molecule has 1 amide bonds. The van der Waals surface area contributed by atoms with Crippen molar-refractivity contribution in [3.8, 4) is 17.2 Å². The van der Waals surface area contributed by atoms with E-state index in [1.807, 2.05) is 0 Å². The molecule has 0 aliphatic heterocycles. The average Bonchev–Trinajstić information content (AvgIpc) is 2.84. The lowest BCUT2D eigenvalue weighted by molar-refractivity contribution is 0.0954. The second kappa shape index (κ2) is 11.9. The van der Waals surface area contributed by atoms with E-state index in [0.29, 0.717) is 26.6 Å². The van der Waals surface area contributed by atoms with Crippen LogP contribution in [0.5, 0.6) is 17.2 Å². The lowest BCUT2D eigenvalue weighted by atomic mass is 10.2. The fourth-order valence-electron chi connectivity index (χ4n) is 2.77. The summed E-state index contributed by atoms with van der Waals surface area (Å²) in [7, 11) is -2.66. The quantitative estimate of drug-likeness (QED) is 0.153. The lowest BCUT2D eigenvalue weighted by Gasteiger charge is -2.11. The summed E-state index contributed by atoms with van der Waals surface area (Å²) < 4.78 is 42.0. The van der Waals surface area contributed by atoms with Crippen LogP contribution in [-0.2, 0) is 10.1 Å². The summed E-state index contributed by atoms with van der Waals surface area (Å²) in [4.78, 5) is 12.5. The second-order valence-electron chi connectivity index (χ2n) is 6.84. The third kappa shape index (κ3) is 7.08. The summed E-state index contributed by atoms with van der Waals surface area (Å²) in [6, 6.07) is 14.9. The van der Waals surface area contributed by atoms with E-state index in [2.05, 4.69) is 33.0 Å². The Bertz CT molecular complexity index is 1360. The van der Waals surface area contributed by atoms with Crippen LogP contribution in [0.4, 0.5) is 0 Å².